The quantitative estimate of drug-likeness (QED) is 0.780. The summed E-state index contributed by atoms with van der Waals surface area (Å²) in [6.45, 7) is -0.0859. The highest BCUT2D eigenvalue weighted by atomic mass is 19.3. The van der Waals surface area contributed by atoms with E-state index in [-0.39, 0.29) is 24.2 Å². The number of nitrogens with two attached hydrogens (primary N) is 1. The maximum absolute atomic E-state index is 13.0. The summed E-state index contributed by atoms with van der Waals surface area (Å²) in [5.74, 6) is -1.23. The molecule has 6 heteroatoms. The lowest BCUT2D eigenvalue weighted by molar-refractivity contribution is 0.145. The zero-order chi connectivity index (χ0) is 11.4. The Morgan fingerprint density at radius 2 is 2.20 bits per heavy atom. The number of alkyl halides is 2. The predicted molar refractivity (Wildman–Crippen MR) is 46.4 cm³/mol. The summed E-state index contributed by atoms with van der Waals surface area (Å²) in [5, 5.41) is 8.44. The SMILES string of the molecule is N#CCc1cc(C(F)F)c(F)nc1CN. The molecule has 1 heterocycles. The van der Waals surface area contributed by atoms with E-state index in [0.29, 0.717) is 0 Å². The molecule has 2 N–H and O–H groups in total. The van der Waals surface area contributed by atoms with Crippen molar-refractivity contribution in [1.29, 1.82) is 5.26 Å². The molecule has 0 aliphatic rings. The largest absolute Gasteiger partial charge is 0.325 e. The molecule has 15 heavy (non-hydrogen) atoms. The molecule has 0 bridgehead atoms. The normalized spacial score (nSPS) is 10.4. The third-order valence-corrected chi connectivity index (χ3v) is 1.87. The maximum Gasteiger partial charge on any atom is 0.268 e. The Balaban J connectivity index is 3.25. The summed E-state index contributed by atoms with van der Waals surface area (Å²) < 4.78 is 37.6. The minimum absolute atomic E-state index is 0.0859. The van der Waals surface area contributed by atoms with Gasteiger partial charge in [-0.3, -0.25) is 0 Å². The first-order valence-electron chi connectivity index (χ1n) is 4.13. The van der Waals surface area contributed by atoms with Crippen molar-refractivity contribution in [3.63, 3.8) is 0 Å². The van der Waals surface area contributed by atoms with Crippen LogP contribution in [0.15, 0.2) is 6.07 Å². The van der Waals surface area contributed by atoms with Gasteiger partial charge >= 0.3 is 0 Å². The van der Waals surface area contributed by atoms with Crippen molar-refractivity contribution in [1.82, 2.24) is 4.98 Å². The standard InChI is InChI=1S/C9H8F3N3/c10-8(11)6-3-5(1-2-13)7(4-14)15-9(6)12/h3,8H,1,4,14H2. The van der Waals surface area contributed by atoms with Crippen LogP contribution in [0.1, 0.15) is 23.2 Å². The number of nitriles is 1. The van der Waals surface area contributed by atoms with Crippen molar-refractivity contribution in [3.8, 4) is 6.07 Å². The molecule has 0 spiro atoms. The predicted octanol–water partition coefficient (Wildman–Crippen LogP) is 1.68. The fraction of sp³-hybridized carbons (Fsp3) is 0.333. The van der Waals surface area contributed by atoms with Gasteiger partial charge in [0.2, 0.25) is 5.95 Å². The second-order valence-electron chi connectivity index (χ2n) is 2.81. The first kappa shape index (κ1) is 11.5. The highest BCUT2D eigenvalue weighted by molar-refractivity contribution is 5.29. The smallest absolute Gasteiger partial charge is 0.268 e. The Bertz CT molecular complexity index is 398. The van der Waals surface area contributed by atoms with Gasteiger partial charge < -0.3 is 5.73 Å². The number of pyridine rings is 1. The van der Waals surface area contributed by atoms with Crippen molar-refractivity contribution in [2.75, 3.05) is 0 Å². The molecular weight excluding hydrogens is 207 g/mol. The number of aromatic nitrogens is 1. The summed E-state index contributed by atoms with van der Waals surface area (Å²) in [7, 11) is 0. The zero-order valence-corrected chi connectivity index (χ0v) is 7.67. The monoisotopic (exact) mass is 215 g/mol. The average Bonchev–Trinajstić information content (AvgIpc) is 2.20. The van der Waals surface area contributed by atoms with Gasteiger partial charge in [-0.15, -0.1) is 0 Å². The lowest BCUT2D eigenvalue weighted by Gasteiger charge is -2.07. The van der Waals surface area contributed by atoms with Gasteiger partial charge in [0.15, 0.2) is 0 Å². The van der Waals surface area contributed by atoms with Crippen LogP contribution >= 0.6 is 0 Å². The van der Waals surface area contributed by atoms with E-state index >= 15 is 0 Å². The summed E-state index contributed by atoms with van der Waals surface area (Å²) in [5.41, 5.74) is 4.84. The minimum atomic E-state index is -2.94. The van der Waals surface area contributed by atoms with Crippen LogP contribution in [-0.2, 0) is 13.0 Å². The van der Waals surface area contributed by atoms with Gasteiger partial charge in [-0.2, -0.15) is 9.65 Å². The number of hydrogen-bond acceptors (Lipinski definition) is 3. The molecule has 0 amide bonds. The summed E-state index contributed by atoms with van der Waals surface area (Å²) in [6, 6.07) is 2.72. The molecule has 0 saturated heterocycles. The first-order chi connectivity index (χ1) is 7.10. The summed E-state index contributed by atoms with van der Waals surface area (Å²) in [6.07, 6.45) is -3.05. The van der Waals surface area contributed by atoms with Gasteiger partial charge in [-0.1, -0.05) is 0 Å². The van der Waals surface area contributed by atoms with Crippen LogP contribution in [0.25, 0.3) is 0 Å². The van der Waals surface area contributed by atoms with E-state index in [1.54, 1.807) is 6.07 Å². The van der Waals surface area contributed by atoms with Crippen LogP contribution in [-0.4, -0.2) is 4.98 Å². The highest BCUT2D eigenvalue weighted by Crippen LogP contribution is 2.23. The van der Waals surface area contributed by atoms with Crippen molar-refractivity contribution in [3.05, 3.63) is 28.8 Å². The third kappa shape index (κ3) is 2.44. The molecule has 0 aromatic carbocycles. The molecule has 1 rings (SSSR count). The lowest BCUT2D eigenvalue weighted by Crippen LogP contribution is -2.08. The van der Waals surface area contributed by atoms with Crippen LogP contribution < -0.4 is 5.73 Å². The fourth-order valence-corrected chi connectivity index (χ4v) is 1.15. The number of nitrogens with zero attached hydrogens (tertiary/aromatic N) is 2. The number of rotatable bonds is 3. The van der Waals surface area contributed by atoms with E-state index in [4.69, 9.17) is 11.0 Å². The first-order valence-corrected chi connectivity index (χ1v) is 4.13. The minimum Gasteiger partial charge on any atom is -0.325 e. The van der Waals surface area contributed by atoms with Gasteiger partial charge in [0.05, 0.1) is 23.7 Å². The molecule has 1 aromatic heterocycles. The molecule has 1 aromatic rings. The van der Waals surface area contributed by atoms with Gasteiger partial charge in [0, 0.05) is 6.54 Å². The van der Waals surface area contributed by atoms with Crippen LogP contribution in [0.5, 0.6) is 0 Å². The Morgan fingerprint density at radius 1 is 1.53 bits per heavy atom. The van der Waals surface area contributed by atoms with E-state index in [1.807, 2.05) is 0 Å². The third-order valence-electron chi connectivity index (χ3n) is 1.87. The number of hydrogen-bond donors (Lipinski definition) is 1. The molecule has 80 valence electrons. The topological polar surface area (TPSA) is 62.7 Å². The van der Waals surface area contributed by atoms with E-state index in [0.717, 1.165) is 6.07 Å². The second kappa shape index (κ2) is 4.75. The van der Waals surface area contributed by atoms with E-state index < -0.39 is 17.9 Å². The highest BCUT2D eigenvalue weighted by Gasteiger charge is 2.17. The second-order valence-corrected chi connectivity index (χ2v) is 2.81. The Hall–Kier alpha value is -1.61. The van der Waals surface area contributed by atoms with Gasteiger partial charge in [-0.05, 0) is 11.6 Å². The molecule has 3 nitrogen and oxygen atoms in total. The van der Waals surface area contributed by atoms with Crippen LogP contribution in [0.3, 0.4) is 0 Å². The van der Waals surface area contributed by atoms with Crippen molar-refractivity contribution in [2.45, 2.75) is 19.4 Å². The lowest BCUT2D eigenvalue weighted by atomic mass is 10.1. The van der Waals surface area contributed by atoms with Crippen LogP contribution in [0.2, 0.25) is 0 Å². The Morgan fingerprint density at radius 3 is 2.67 bits per heavy atom. The molecule has 0 atom stereocenters. The summed E-state index contributed by atoms with van der Waals surface area (Å²) >= 11 is 0. The average molecular weight is 215 g/mol. The fourth-order valence-electron chi connectivity index (χ4n) is 1.15. The molecule has 0 radical (unpaired) electrons. The van der Waals surface area contributed by atoms with Crippen LogP contribution in [0.4, 0.5) is 13.2 Å². The molecule has 0 aliphatic heterocycles. The molecule has 0 unspecified atom stereocenters. The molecule has 0 fully saturated rings. The van der Waals surface area contributed by atoms with E-state index in [1.165, 1.54) is 0 Å². The van der Waals surface area contributed by atoms with Crippen molar-refractivity contribution in [2.24, 2.45) is 5.73 Å². The van der Waals surface area contributed by atoms with Gasteiger partial charge in [-0.25, -0.2) is 13.8 Å². The zero-order valence-electron chi connectivity index (χ0n) is 7.67. The van der Waals surface area contributed by atoms with E-state index in [2.05, 4.69) is 4.98 Å². The maximum atomic E-state index is 13.0. The molecule has 0 saturated carbocycles. The van der Waals surface area contributed by atoms with Gasteiger partial charge in [0.25, 0.3) is 6.43 Å². The number of halogens is 3. The van der Waals surface area contributed by atoms with Crippen molar-refractivity contribution >= 4 is 0 Å². The Labute approximate surface area is 84.3 Å². The van der Waals surface area contributed by atoms with Gasteiger partial charge in [0.1, 0.15) is 0 Å². The summed E-state index contributed by atoms with van der Waals surface area (Å²) in [4.78, 5) is 3.31. The molecule has 0 aliphatic carbocycles. The van der Waals surface area contributed by atoms with Crippen molar-refractivity contribution < 1.29 is 13.2 Å². The van der Waals surface area contributed by atoms with E-state index in [9.17, 15) is 13.2 Å². The Kier molecular flexibility index (Phi) is 3.63. The van der Waals surface area contributed by atoms with Crippen LogP contribution in [0, 0.1) is 17.3 Å². The molecular formula is C9H8F3N3.